The molecule has 3 heteroatoms. The Hall–Kier alpha value is -1.35. The molecule has 16 heavy (non-hydrogen) atoms. The van der Waals surface area contributed by atoms with E-state index in [0.717, 1.165) is 24.5 Å². The van der Waals surface area contributed by atoms with E-state index in [9.17, 15) is 0 Å². The number of hydrogen-bond donors (Lipinski definition) is 0. The van der Waals surface area contributed by atoms with Crippen molar-refractivity contribution in [3.05, 3.63) is 36.2 Å². The second-order valence-corrected chi connectivity index (χ2v) is 4.58. The van der Waals surface area contributed by atoms with Gasteiger partial charge in [-0.15, -0.1) is 0 Å². The van der Waals surface area contributed by atoms with Crippen LogP contribution in [0, 0.1) is 0 Å². The van der Waals surface area contributed by atoms with Crippen molar-refractivity contribution < 1.29 is 4.74 Å². The van der Waals surface area contributed by atoms with E-state index in [2.05, 4.69) is 36.4 Å². The number of rotatable bonds is 4. The van der Waals surface area contributed by atoms with Gasteiger partial charge in [-0.2, -0.15) is 0 Å². The average Bonchev–Trinajstić information content (AvgIpc) is 3.12. The van der Waals surface area contributed by atoms with Gasteiger partial charge < -0.3 is 4.74 Å². The zero-order chi connectivity index (χ0) is 11.8. The Kier molecular flexibility index (Phi) is 2.72. The molecule has 0 spiro atoms. The number of aromatic nitrogens is 1. The van der Waals surface area contributed by atoms with Gasteiger partial charge in [-0.25, -0.2) is 4.98 Å². The Morgan fingerprint density at radius 3 is 2.69 bits per heavy atom. The molecule has 1 aliphatic rings. The van der Waals surface area contributed by atoms with Gasteiger partial charge in [0.1, 0.15) is 11.5 Å². The van der Waals surface area contributed by atoms with Gasteiger partial charge in [0.15, 0.2) is 0 Å². The highest BCUT2D eigenvalue weighted by atomic mass is 16.5. The first-order chi connectivity index (χ1) is 7.55. The molecule has 0 amide bonds. The molecule has 0 atom stereocenters. The molecular formula is C13H18N2O. The van der Waals surface area contributed by atoms with Crippen LogP contribution in [0.15, 0.2) is 24.8 Å². The standard InChI is InChI=1S/C13H18N2O/c1-10(16-4)11-6-5-7-12(14-11)13(2,3)15-8-9-15/h5-7H,1,8-9H2,2-4H3. The van der Waals surface area contributed by atoms with E-state index in [1.807, 2.05) is 12.1 Å². The predicted molar refractivity (Wildman–Crippen MR) is 64.9 cm³/mol. The smallest absolute Gasteiger partial charge is 0.137 e. The van der Waals surface area contributed by atoms with Crippen molar-refractivity contribution in [3.63, 3.8) is 0 Å². The number of methoxy groups -OCH3 is 1. The van der Waals surface area contributed by atoms with Crippen molar-refractivity contribution in [1.82, 2.24) is 9.88 Å². The molecule has 0 bridgehead atoms. The third kappa shape index (κ3) is 1.95. The Morgan fingerprint density at radius 1 is 1.44 bits per heavy atom. The summed E-state index contributed by atoms with van der Waals surface area (Å²) >= 11 is 0. The Morgan fingerprint density at radius 2 is 2.12 bits per heavy atom. The van der Waals surface area contributed by atoms with Crippen LogP contribution in [0.1, 0.15) is 25.2 Å². The summed E-state index contributed by atoms with van der Waals surface area (Å²) < 4.78 is 5.11. The van der Waals surface area contributed by atoms with Crippen LogP contribution in [0.2, 0.25) is 0 Å². The first-order valence-corrected chi connectivity index (χ1v) is 5.51. The fraction of sp³-hybridized carbons (Fsp3) is 0.462. The van der Waals surface area contributed by atoms with E-state index in [4.69, 9.17) is 4.74 Å². The van der Waals surface area contributed by atoms with Crippen molar-refractivity contribution in [2.75, 3.05) is 20.2 Å². The van der Waals surface area contributed by atoms with E-state index in [0.29, 0.717) is 5.76 Å². The number of nitrogens with zero attached hydrogens (tertiary/aromatic N) is 2. The van der Waals surface area contributed by atoms with Gasteiger partial charge in [0.05, 0.1) is 18.3 Å². The van der Waals surface area contributed by atoms with Crippen LogP contribution in [0.4, 0.5) is 0 Å². The highest BCUT2D eigenvalue weighted by molar-refractivity contribution is 5.53. The zero-order valence-corrected chi connectivity index (χ0v) is 10.2. The molecule has 0 N–H and O–H groups in total. The zero-order valence-electron chi connectivity index (χ0n) is 10.2. The third-order valence-electron chi connectivity index (χ3n) is 3.15. The van der Waals surface area contributed by atoms with Crippen LogP contribution in [0.5, 0.6) is 0 Å². The molecule has 1 fully saturated rings. The van der Waals surface area contributed by atoms with Crippen LogP contribution in [0.3, 0.4) is 0 Å². The SMILES string of the molecule is C=C(OC)c1cccc(C(C)(C)N2CC2)n1. The maximum Gasteiger partial charge on any atom is 0.137 e. The van der Waals surface area contributed by atoms with Gasteiger partial charge in [-0.3, -0.25) is 4.90 Å². The normalized spacial score (nSPS) is 15.9. The molecule has 0 aromatic carbocycles. The molecule has 0 aliphatic carbocycles. The molecule has 86 valence electrons. The summed E-state index contributed by atoms with van der Waals surface area (Å²) in [6.07, 6.45) is 0. The van der Waals surface area contributed by atoms with Crippen molar-refractivity contribution in [3.8, 4) is 0 Å². The minimum atomic E-state index is 0.00400. The van der Waals surface area contributed by atoms with Crippen LogP contribution in [-0.2, 0) is 10.3 Å². The first kappa shape index (κ1) is 11.1. The number of ether oxygens (including phenoxy) is 1. The quantitative estimate of drug-likeness (QED) is 0.572. The lowest BCUT2D eigenvalue weighted by Crippen LogP contribution is -2.28. The fourth-order valence-electron chi connectivity index (χ4n) is 1.81. The summed E-state index contributed by atoms with van der Waals surface area (Å²) in [6.45, 7) is 10.5. The summed E-state index contributed by atoms with van der Waals surface area (Å²) in [5.41, 5.74) is 1.89. The van der Waals surface area contributed by atoms with Crippen molar-refractivity contribution in [2.24, 2.45) is 0 Å². The summed E-state index contributed by atoms with van der Waals surface area (Å²) in [4.78, 5) is 6.99. The van der Waals surface area contributed by atoms with Gasteiger partial charge in [0, 0.05) is 13.1 Å². The van der Waals surface area contributed by atoms with E-state index >= 15 is 0 Å². The molecule has 0 radical (unpaired) electrons. The van der Waals surface area contributed by atoms with Gasteiger partial charge in [-0.05, 0) is 26.0 Å². The van der Waals surface area contributed by atoms with E-state index in [1.54, 1.807) is 7.11 Å². The molecule has 1 aromatic rings. The van der Waals surface area contributed by atoms with Crippen LogP contribution < -0.4 is 0 Å². The number of hydrogen-bond acceptors (Lipinski definition) is 3. The topological polar surface area (TPSA) is 25.1 Å². The first-order valence-electron chi connectivity index (χ1n) is 5.51. The Balaban J connectivity index is 2.31. The van der Waals surface area contributed by atoms with Gasteiger partial charge in [-0.1, -0.05) is 12.6 Å². The van der Waals surface area contributed by atoms with Crippen LogP contribution >= 0.6 is 0 Å². The molecule has 1 saturated heterocycles. The summed E-state index contributed by atoms with van der Waals surface area (Å²) in [7, 11) is 1.62. The van der Waals surface area contributed by atoms with E-state index in [1.165, 1.54) is 0 Å². The van der Waals surface area contributed by atoms with Crippen LogP contribution in [-0.4, -0.2) is 30.1 Å². The summed E-state index contributed by atoms with van der Waals surface area (Å²) in [5, 5.41) is 0. The third-order valence-corrected chi connectivity index (χ3v) is 3.15. The van der Waals surface area contributed by atoms with Gasteiger partial charge in [0.25, 0.3) is 0 Å². The lowest BCUT2D eigenvalue weighted by atomic mass is 9.99. The molecule has 3 nitrogen and oxygen atoms in total. The summed E-state index contributed by atoms with van der Waals surface area (Å²) in [5.74, 6) is 0.614. The molecule has 0 unspecified atom stereocenters. The maximum atomic E-state index is 5.11. The fourth-order valence-corrected chi connectivity index (χ4v) is 1.81. The van der Waals surface area contributed by atoms with Crippen molar-refractivity contribution >= 4 is 5.76 Å². The van der Waals surface area contributed by atoms with Crippen molar-refractivity contribution in [1.29, 1.82) is 0 Å². The Labute approximate surface area is 96.7 Å². The highest BCUT2D eigenvalue weighted by Gasteiger charge is 2.37. The number of pyridine rings is 1. The van der Waals surface area contributed by atoms with Crippen molar-refractivity contribution in [2.45, 2.75) is 19.4 Å². The second kappa shape index (κ2) is 3.91. The van der Waals surface area contributed by atoms with E-state index < -0.39 is 0 Å². The Bertz CT molecular complexity index is 408. The van der Waals surface area contributed by atoms with Gasteiger partial charge >= 0.3 is 0 Å². The molecule has 2 heterocycles. The lowest BCUT2D eigenvalue weighted by Gasteiger charge is -2.26. The van der Waals surface area contributed by atoms with E-state index in [-0.39, 0.29) is 5.54 Å². The molecule has 2 rings (SSSR count). The lowest BCUT2D eigenvalue weighted by molar-refractivity contribution is 0.278. The highest BCUT2D eigenvalue weighted by Crippen LogP contribution is 2.31. The molecule has 0 saturated carbocycles. The minimum absolute atomic E-state index is 0.00400. The molecule has 1 aliphatic heterocycles. The minimum Gasteiger partial charge on any atom is -0.495 e. The average molecular weight is 218 g/mol. The monoisotopic (exact) mass is 218 g/mol. The van der Waals surface area contributed by atoms with Gasteiger partial charge in [0.2, 0.25) is 0 Å². The largest absolute Gasteiger partial charge is 0.495 e. The predicted octanol–water partition coefficient (Wildman–Crippen LogP) is 2.25. The summed E-state index contributed by atoms with van der Waals surface area (Å²) in [6, 6.07) is 5.99. The maximum absolute atomic E-state index is 5.11. The van der Waals surface area contributed by atoms with Crippen LogP contribution in [0.25, 0.3) is 5.76 Å². The molecule has 1 aromatic heterocycles. The second-order valence-electron chi connectivity index (χ2n) is 4.58. The molecular weight excluding hydrogens is 200 g/mol.